The van der Waals surface area contributed by atoms with E-state index in [0.717, 1.165) is 11.1 Å². The Kier molecular flexibility index (Phi) is 4.69. The topological polar surface area (TPSA) is 79.0 Å². The Balaban J connectivity index is 1.93. The van der Waals surface area contributed by atoms with Crippen molar-refractivity contribution in [1.29, 1.82) is 0 Å². The van der Waals surface area contributed by atoms with Crippen LogP contribution in [0.5, 0.6) is 0 Å². The van der Waals surface area contributed by atoms with Crippen LogP contribution in [0.1, 0.15) is 21.6 Å². The van der Waals surface area contributed by atoms with Crippen LogP contribution in [0.2, 0.25) is 5.02 Å². The van der Waals surface area contributed by atoms with Crippen LogP contribution in [0.15, 0.2) is 36.5 Å². The molecule has 0 aliphatic carbocycles. The first-order valence-electron chi connectivity index (χ1n) is 6.21. The van der Waals surface area contributed by atoms with Gasteiger partial charge in [-0.05, 0) is 17.2 Å². The lowest BCUT2D eigenvalue weighted by Gasteiger charge is -2.05. The third-order valence-electron chi connectivity index (χ3n) is 2.80. The summed E-state index contributed by atoms with van der Waals surface area (Å²) in [6.07, 6.45) is 2.74. The Morgan fingerprint density at radius 2 is 1.86 bits per heavy atom. The number of aromatic amines is 1. The SMILES string of the molecule is CS(=O)(=O)Cc1ccc(CNC(=O)c2cc(Cl)c[nH]2)cc1. The second-order valence-corrected chi connectivity index (χ2v) is 7.38. The smallest absolute Gasteiger partial charge is 0.268 e. The highest BCUT2D eigenvalue weighted by atomic mass is 35.5. The van der Waals surface area contributed by atoms with Gasteiger partial charge in [-0.15, -0.1) is 0 Å². The molecule has 112 valence electrons. The summed E-state index contributed by atoms with van der Waals surface area (Å²) in [6.45, 7) is 0.356. The number of hydrogen-bond acceptors (Lipinski definition) is 3. The highest BCUT2D eigenvalue weighted by molar-refractivity contribution is 7.89. The van der Waals surface area contributed by atoms with E-state index in [9.17, 15) is 13.2 Å². The molecule has 0 saturated heterocycles. The number of aromatic nitrogens is 1. The number of halogens is 1. The predicted molar refractivity (Wildman–Crippen MR) is 82.0 cm³/mol. The van der Waals surface area contributed by atoms with Gasteiger partial charge in [-0.3, -0.25) is 4.79 Å². The van der Waals surface area contributed by atoms with E-state index in [1.807, 2.05) is 0 Å². The second kappa shape index (κ2) is 6.32. The van der Waals surface area contributed by atoms with Gasteiger partial charge < -0.3 is 10.3 Å². The number of carbonyl (C=O) groups excluding carboxylic acids is 1. The van der Waals surface area contributed by atoms with E-state index in [0.29, 0.717) is 17.3 Å². The zero-order valence-corrected chi connectivity index (χ0v) is 13.0. The number of benzene rings is 1. The standard InChI is InChI=1S/C14H15ClN2O3S/c1-21(19,20)9-11-4-2-10(3-5-11)7-17-14(18)13-6-12(15)8-16-13/h2-6,8,16H,7,9H2,1H3,(H,17,18). The molecular formula is C14H15ClN2O3S. The molecule has 5 nitrogen and oxygen atoms in total. The molecule has 2 N–H and O–H groups in total. The summed E-state index contributed by atoms with van der Waals surface area (Å²) in [5.74, 6) is -0.234. The van der Waals surface area contributed by atoms with Crippen LogP contribution in [0.4, 0.5) is 0 Å². The fourth-order valence-electron chi connectivity index (χ4n) is 1.83. The lowest BCUT2D eigenvalue weighted by molar-refractivity contribution is 0.0946. The molecule has 0 fully saturated rings. The number of nitrogens with one attached hydrogen (secondary N) is 2. The molecule has 21 heavy (non-hydrogen) atoms. The maximum Gasteiger partial charge on any atom is 0.268 e. The van der Waals surface area contributed by atoms with E-state index in [4.69, 9.17) is 11.6 Å². The fourth-order valence-corrected chi connectivity index (χ4v) is 2.79. The quantitative estimate of drug-likeness (QED) is 0.883. The molecule has 0 bridgehead atoms. The number of hydrogen-bond donors (Lipinski definition) is 2. The summed E-state index contributed by atoms with van der Waals surface area (Å²) >= 11 is 5.73. The number of H-pyrrole nitrogens is 1. The summed E-state index contributed by atoms with van der Waals surface area (Å²) in [7, 11) is -3.04. The average molecular weight is 327 g/mol. The van der Waals surface area contributed by atoms with Crippen LogP contribution in [0.3, 0.4) is 0 Å². The molecule has 0 aliphatic rings. The molecule has 2 rings (SSSR count). The predicted octanol–water partition coefficient (Wildman–Crippen LogP) is 2.14. The zero-order valence-electron chi connectivity index (χ0n) is 11.4. The lowest BCUT2D eigenvalue weighted by Crippen LogP contribution is -2.23. The van der Waals surface area contributed by atoms with Crippen molar-refractivity contribution < 1.29 is 13.2 Å². The van der Waals surface area contributed by atoms with Gasteiger partial charge in [0, 0.05) is 19.0 Å². The van der Waals surface area contributed by atoms with E-state index in [2.05, 4.69) is 10.3 Å². The first kappa shape index (κ1) is 15.6. The molecule has 0 radical (unpaired) electrons. The van der Waals surface area contributed by atoms with Gasteiger partial charge >= 0.3 is 0 Å². The van der Waals surface area contributed by atoms with Gasteiger partial charge in [0.05, 0.1) is 10.8 Å². The summed E-state index contributed by atoms with van der Waals surface area (Å²) in [6, 6.07) is 8.62. The minimum atomic E-state index is -3.04. The van der Waals surface area contributed by atoms with Crippen LogP contribution in [-0.2, 0) is 22.1 Å². The van der Waals surface area contributed by atoms with E-state index in [-0.39, 0.29) is 11.7 Å². The van der Waals surface area contributed by atoms with Crippen LogP contribution >= 0.6 is 11.6 Å². The van der Waals surface area contributed by atoms with Gasteiger partial charge in [0.1, 0.15) is 5.69 Å². The molecular weight excluding hydrogens is 312 g/mol. The number of carbonyl (C=O) groups is 1. The molecule has 1 heterocycles. The molecule has 0 spiro atoms. The maximum atomic E-state index is 11.8. The summed E-state index contributed by atoms with van der Waals surface area (Å²) in [5, 5.41) is 3.23. The summed E-state index contributed by atoms with van der Waals surface area (Å²) < 4.78 is 22.4. The largest absolute Gasteiger partial charge is 0.356 e. The van der Waals surface area contributed by atoms with Crippen LogP contribution in [0.25, 0.3) is 0 Å². The fraction of sp³-hybridized carbons (Fsp3) is 0.214. The van der Waals surface area contributed by atoms with E-state index in [1.54, 1.807) is 30.3 Å². The van der Waals surface area contributed by atoms with E-state index >= 15 is 0 Å². The maximum absolute atomic E-state index is 11.8. The van der Waals surface area contributed by atoms with Crippen molar-refractivity contribution in [3.8, 4) is 0 Å². The highest BCUT2D eigenvalue weighted by Crippen LogP contribution is 2.10. The molecule has 0 aliphatic heterocycles. The van der Waals surface area contributed by atoms with E-state index < -0.39 is 9.84 Å². The van der Waals surface area contributed by atoms with Crippen molar-refractivity contribution in [2.45, 2.75) is 12.3 Å². The minimum Gasteiger partial charge on any atom is -0.356 e. The normalized spacial score (nSPS) is 11.3. The van der Waals surface area contributed by atoms with Crippen LogP contribution in [-0.4, -0.2) is 25.6 Å². The monoisotopic (exact) mass is 326 g/mol. The van der Waals surface area contributed by atoms with Gasteiger partial charge in [-0.25, -0.2) is 8.42 Å². The molecule has 1 amide bonds. The zero-order chi connectivity index (χ0) is 15.5. The first-order chi connectivity index (χ1) is 9.83. The third-order valence-corrected chi connectivity index (χ3v) is 3.87. The Morgan fingerprint density at radius 1 is 1.24 bits per heavy atom. The second-order valence-electron chi connectivity index (χ2n) is 4.80. The van der Waals surface area contributed by atoms with E-state index in [1.165, 1.54) is 12.5 Å². The van der Waals surface area contributed by atoms with Gasteiger partial charge in [0.25, 0.3) is 5.91 Å². The molecule has 7 heteroatoms. The van der Waals surface area contributed by atoms with Crippen molar-refractivity contribution >= 4 is 27.3 Å². The van der Waals surface area contributed by atoms with Gasteiger partial charge in [-0.2, -0.15) is 0 Å². The van der Waals surface area contributed by atoms with Gasteiger partial charge in [0.15, 0.2) is 9.84 Å². The third kappa shape index (κ3) is 4.91. The molecule has 1 aromatic heterocycles. The number of sulfone groups is 1. The van der Waals surface area contributed by atoms with Crippen LogP contribution in [0, 0.1) is 0 Å². The van der Waals surface area contributed by atoms with Crippen molar-refractivity contribution in [1.82, 2.24) is 10.3 Å². The lowest BCUT2D eigenvalue weighted by atomic mass is 10.1. The van der Waals surface area contributed by atoms with Crippen molar-refractivity contribution in [3.63, 3.8) is 0 Å². The molecule has 1 aromatic carbocycles. The molecule has 0 saturated carbocycles. The Labute approximate surface area is 128 Å². The van der Waals surface area contributed by atoms with Crippen molar-refractivity contribution in [2.75, 3.05) is 6.26 Å². The average Bonchev–Trinajstić information content (AvgIpc) is 2.82. The first-order valence-corrected chi connectivity index (χ1v) is 8.65. The van der Waals surface area contributed by atoms with Gasteiger partial charge in [0.2, 0.25) is 0 Å². The minimum absolute atomic E-state index is 0.0145. The Hall–Kier alpha value is -1.79. The molecule has 2 aromatic rings. The number of rotatable bonds is 5. The van der Waals surface area contributed by atoms with Crippen molar-refractivity contribution in [3.05, 3.63) is 58.4 Å². The Morgan fingerprint density at radius 3 is 2.38 bits per heavy atom. The summed E-state index contributed by atoms with van der Waals surface area (Å²) in [5.41, 5.74) is 2.01. The van der Waals surface area contributed by atoms with Gasteiger partial charge in [-0.1, -0.05) is 35.9 Å². The summed E-state index contributed by atoms with van der Waals surface area (Å²) in [4.78, 5) is 14.6. The van der Waals surface area contributed by atoms with Crippen molar-refractivity contribution in [2.24, 2.45) is 0 Å². The van der Waals surface area contributed by atoms with Crippen LogP contribution < -0.4 is 5.32 Å². The highest BCUT2D eigenvalue weighted by Gasteiger charge is 2.08. The molecule has 0 atom stereocenters. The molecule has 0 unspecified atom stereocenters. The Bertz CT molecular complexity index is 736. The number of amides is 1.